The maximum atomic E-state index is 10.8. The molecule has 0 unspecified atom stereocenters. The number of ether oxygens (including phenoxy) is 2. The lowest BCUT2D eigenvalue weighted by molar-refractivity contribution is -0.128. The molecule has 104 valence electrons. The SMILES string of the molecule is CC.CNCCOCCOCCN(C)C(C)=O. The number of carbonyl (C=O) groups excluding carboxylic acids is 1. The molecule has 0 aliphatic rings. The van der Waals surface area contributed by atoms with Gasteiger partial charge in [0.05, 0.1) is 26.4 Å². The van der Waals surface area contributed by atoms with E-state index in [0.717, 1.165) is 6.54 Å². The Balaban J connectivity index is 0. The van der Waals surface area contributed by atoms with Crippen molar-refractivity contribution in [3.63, 3.8) is 0 Å². The van der Waals surface area contributed by atoms with Gasteiger partial charge < -0.3 is 19.7 Å². The Kier molecular flexibility index (Phi) is 16.9. The summed E-state index contributed by atoms with van der Waals surface area (Å²) in [6, 6.07) is 0. The standard InChI is InChI=1S/C10H22N2O3.C2H6/c1-10(13)12(3)5-7-15-9-8-14-6-4-11-2;1-2/h11H,4-9H2,1-3H3;1-2H3. The molecule has 0 spiro atoms. The first-order valence-electron chi connectivity index (χ1n) is 6.20. The monoisotopic (exact) mass is 248 g/mol. The van der Waals surface area contributed by atoms with Gasteiger partial charge in [0.15, 0.2) is 0 Å². The molecule has 1 amide bonds. The number of likely N-dealkylation sites (N-methyl/N-ethyl adjacent to an activating group) is 2. The molecule has 0 aromatic carbocycles. The van der Waals surface area contributed by atoms with E-state index in [-0.39, 0.29) is 5.91 Å². The first kappa shape index (κ1) is 18.7. The Morgan fingerprint density at radius 1 is 1.12 bits per heavy atom. The molecular formula is C12H28N2O3. The van der Waals surface area contributed by atoms with Gasteiger partial charge in [0, 0.05) is 27.1 Å². The van der Waals surface area contributed by atoms with Gasteiger partial charge in [-0.25, -0.2) is 0 Å². The van der Waals surface area contributed by atoms with Crippen LogP contribution in [0.1, 0.15) is 20.8 Å². The molecule has 0 aromatic heterocycles. The smallest absolute Gasteiger partial charge is 0.219 e. The minimum Gasteiger partial charge on any atom is -0.378 e. The van der Waals surface area contributed by atoms with Crippen LogP contribution < -0.4 is 5.32 Å². The maximum absolute atomic E-state index is 10.8. The Bertz CT molecular complexity index is 166. The highest BCUT2D eigenvalue weighted by atomic mass is 16.5. The summed E-state index contributed by atoms with van der Waals surface area (Å²) in [5.41, 5.74) is 0. The molecule has 0 rings (SSSR count). The summed E-state index contributed by atoms with van der Waals surface area (Å²) >= 11 is 0. The Morgan fingerprint density at radius 2 is 1.65 bits per heavy atom. The first-order chi connectivity index (χ1) is 8.18. The quantitative estimate of drug-likeness (QED) is 0.612. The fourth-order valence-electron chi connectivity index (χ4n) is 0.855. The normalized spacial score (nSPS) is 9.47. The van der Waals surface area contributed by atoms with E-state index in [1.54, 1.807) is 18.9 Å². The van der Waals surface area contributed by atoms with E-state index in [2.05, 4.69) is 5.32 Å². The second-order valence-electron chi connectivity index (χ2n) is 3.27. The molecule has 0 saturated heterocycles. The van der Waals surface area contributed by atoms with E-state index in [1.165, 1.54) is 0 Å². The lowest BCUT2D eigenvalue weighted by Gasteiger charge is -2.14. The van der Waals surface area contributed by atoms with Crippen molar-refractivity contribution < 1.29 is 14.3 Å². The van der Waals surface area contributed by atoms with Crippen molar-refractivity contribution in [3.05, 3.63) is 0 Å². The van der Waals surface area contributed by atoms with Crippen molar-refractivity contribution >= 4 is 5.91 Å². The summed E-state index contributed by atoms with van der Waals surface area (Å²) < 4.78 is 10.6. The number of nitrogens with one attached hydrogen (secondary N) is 1. The van der Waals surface area contributed by atoms with Gasteiger partial charge in [-0.1, -0.05) is 13.8 Å². The van der Waals surface area contributed by atoms with Gasteiger partial charge in [0.25, 0.3) is 0 Å². The fourth-order valence-corrected chi connectivity index (χ4v) is 0.855. The first-order valence-corrected chi connectivity index (χ1v) is 6.20. The zero-order chi connectivity index (χ0) is 13.5. The highest BCUT2D eigenvalue weighted by Gasteiger charge is 2.00. The highest BCUT2D eigenvalue weighted by Crippen LogP contribution is 1.84. The van der Waals surface area contributed by atoms with Gasteiger partial charge in [-0.05, 0) is 7.05 Å². The van der Waals surface area contributed by atoms with Gasteiger partial charge in [-0.3, -0.25) is 4.79 Å². The largest absolute Gasteiger partial charge is 0.378 e. The third-order valence-corrected chi connectivity index (χ3v) is 1.98. The Hall–Kier alpha value is -0.650. The molecule has 5 nitrogen and oxygen atoms in total. The molecule has 17 heavy (non-hydrogen) atoms. The van der Waals surface area contributed by atoms with E-state index in [9.17, 15) is 4.79 Å². The molecular weight excluding hydrogens is 220 g/mol. The lowest BCUT2D eigenvalue weighted by Crippen LogP contribution is -2.28. The average molecular weight is 248 g/mol. The molecule has 0 bridgehead atoms. The number of rotatable bonds is 9. The number of hydrogen-bond donors (Lipinski definition) is 1. The van der Waals surface area contributed by atoms with Crippen LogP contribution >= 0.6 is 0 Å². The zero-order valence-corrected chi connectivity index (χ0v) is 11.9. The van der Waals surface area contributed by atoms with Crippen LogP contribution in [0.15, 0.2) is 0 Å². The van der Waals surface area contributed by atoms with Gasteiger partial charge >= 0.3 is 0 Å². The van der Waals surface area contributed by atoms with Crippen LogP contribution in [0.5, 0.6) is 0 Å². The number of hydrogen-bond acceptors (Lipinski definition) is 4. The Morgan fingerprint density at radius 3 is 2.12 bits per heavy atom. The second kappa shape index (κ2) is 15.4. The predicted octanol–water partition coefficient (Wildman–Crippen LogP) is 0.744. The second-order valence-corrected chi connectivity index (χ2v) is 3.27. The van der Waals surface area contributed by atoms with Crippen molar-refractivity contribution in [1.82, 2.24) is 10.2 Å². The minimum atomic E-state index is 0.0591. The minimum absolute atomic E-state index is 0.0591. The molecule has 0 heterocycles. The number of carbonyl (C=O) groups is 1. The molecule has 0 saturated carbocycles. The summed E-state index contributed by atoms with van der Waals surface area (Å²) in [6.45, 7) is 9.47. The maximum Gasteiger partial charge on any atom is 0.219 e. The van der Waals surface area contributed by atoms with Crippen molar-refractivity contribution in [2.24, 2.45) is 0 Å². The van der Waals surface area contributed by atoms with E-state index in [0.29, 0.717) is 33.0 Å². The molecule has 1 N–H and O–H groups in total. The topological polar surface area (TPSA) is 50.8 Å². The van der Waals surface area contributed by atoms with Gasteiger partial charge in [0.1, 0.15) is 0 Å². The fraction of sp³-hybridized carbons (Fsp3) is 0.917. The molecule has 0 fully saturated rings. The Labute approximate surface area is 105 Å². The van der Waals surface area contributed by atoms with Crippen molar-refractivity contribution in [3.8, 4) is 0 Å². The summed E-state index contributed by atoms with van der Waals surface area (Å²) in [5.74, 6) is 0.0591. The van der Waals surface area contributed by atoms with Crippen LogP contribution in [0.25, 0.3) is 0 Å². The average Bonchev–Trinajstić information content (AvgIpc) is 2.34. The third-order valence-electron chi connectivity index (χ3n) is 1.98. The van der Waals surface area contributed by atoms with Crippen LogP contribution in [0.3, 0.4) is 0 Å². The summed E-state index contributed by atoms with van der Waals surface area (Å²) in [5, 5.41) is 2.99. The predicted molar refractivity (Wildman–Crippen MR) is 70.2 cm³/mol. The van der Waals surface area contributed by atoms with Gasteiger partial charge in [-0.15, -0.1) is 0 Å². The molecule has 0 aliphatic carbocycles. The van der Waals surface area contributed by atoms with Crippen LogP contribution in [-0.2, 0) is 14.3 Å². The number of amides is 1. The van der Waals surface area contributed by atoms with Crippen LogP contribution in [0, 0.1) is 0 Å². The van der Waals surface area contributed by atoms with Gasteiger partial charge in [0.2, 0.25) is 5.91 Å². The van der Waals surface area contributed by atoms with Crippen LogP contribution in [0.2, 0.25) is 0 Å². The zero-order valence-electron chi connectivity index (χ0n) is 11.9. The van der Waals surface area contributed by atoms with E-state index >= 15 is 0 Å². The van der Waals surface area contributed by atoms with Crippen LogP contribution in [-0.4, -0.2) is 64.4 Å². The van der Waals surface area contributed by atoms with Crippen molar-refractivity contribution in [2.45, 2.75) is 20.8 Å². The van der Waals surface area contributed by atoms with Crippen molar-refractivity contribution in [1.29, 1.82) is 0 Å². The summed E-state index contributed by atoms with van der Waals surface area (Å²) in [6.07, 6.45) is 0. The van der Waals surface area contributed by atoms with Crippen LogP contribution in [0.4, 0.5) is 0 Å². The van der Waals surface area contributed by atoms with E-state index in [4.69, 9.17) is 9.47 Å². The molecule has 0 aliphatic heterocycles. The molecule has 0 radical (unpaired) electrons. The summed E-state index contributed by atoms with van der Waals surface area (Å²) in [4.78, 5) is 12.4. The third kappa shape index (κ3) is 15.4. The number of nitrogens with zero attached hydrogens (tertiary/aromatic N) is 1. The summed E-state index contributed by atoms with van der Waals surface area (Å²) in [7, 11) is 3.65. The lowest BCUT2D eigenvalue weighted by atomic mass is 10.5. The van der Waals surface area contributed by atoms with E-state index < -0.39 is 0 Å². The van der Waals surface area contributed by atoms with Crippen molar-refractivity contribution in [2.75, 3.05) is 53.6 Å². The molecule has 0 atom stereocenters. The molecule has 0 aromatic rings. The highest BCUT2D eigenvalue weighted by molar-refractivity contribution is 5.72. The van der Waals surface area contributed by atoms with E-state index in [1.807, 2.05) is 20.9 Å². The van der Waals surface area contributed by atoms with Gasteiger partial charge in [-0.2, -0.15) is 0 Å². The molecule has 5 heteroatoms.